The summed E-state index contributed by atoms with van der Waals surface area (Å²) in [6, 6.07) is 21.7. The van der Waals surface area contributed by atoms with Crippen molar-refractivity contribution in [2.24, 2.45) is 0 Å². The van der Waals surface area contributed by atoms with Gasteiger partial charge in [0.05, 0.1) is 12.2 Å². The number of aryl methyl sites for hydroxylation is 1. The van der Waals surface area contributed by atoms with Crippen LogP contribution in [0.4, 0.5) is 0 Å². The van der Waals surface area contributed by atoms with Crippen molar-refractivity contribution in [3.63, 3.8) is 0 Å². The summed E-state index contributed by atoms with van der Waals surface area (Å²) in [7, 11) is 0. The molecule has 1 aliphatic rings. The van der Waals surface area contributed by atoms with Gasteiger partial charge in [0.25, 0.3) is 0 Å². The number of fused-ring (bicyclic) bond motifs is 1. The van der Waals surface area contributed by atoms with E-state index in [2.05, 4.69) is 69.0 Å². The second-order valence-electron chi connectivity index (χ2n) is 8.39. The summed E-state index contributed by atoms with van der Waals surface area (Å²) in [5.41, 5.74) is 6.46. The molecule has 3 aromatic carbocycles. The summed E-state index contributed by atoms with van der Waals surface area (Å²) < 4.78 is 11.2. The van der Waals surface area contributed by atoms with Crippen molar-refractivity contribution in [3.8, 4) is 17.6 Å². The Labute approximate surface area is 189 Å². The van der Waals surface area contributed by atoms with Gasteiger partial charge in [0.15, 0.2) is 0 Å². The molecule has 3 heteroatoms. The van der Waals surface area contributed by atoms with Crippen LogP contribution in [0.15, 0.2) is 72.8 Å². The lowest BCUT2D eigenvalue weighted by molar-refractivity contribution is 0.0526. The zero-order chi connectivity index (χ0) is 22.7. The zero-order valence-electron chi connectivity index (χ0n) is 18.9. The van der Waals surface area contributed by atoms with Crippen molar-refractivity contribution in [3.05, 3.63) is 106 Å². The molecule has 0 N–H and O–H groups in total. The van der Waals surface area contributed by atoms with E-state index in [0.717, 1.165) is 33.6 Å². The summed E-state index contributed by atoms with van der Waals surface area (Å²) >= 11 is 0. The largest absolute Gasteiger partial charge is 0.483 e. The normalized spacial score (nSPS) is 13.7. The van der Waals surface area contributed by atoms with Crippen molar-refractivity contribution in [1.82, 2.24) is 0 Å². The monoisotopic (exact) mass is 422 g/mol. The smallest absolute Gasteiger partial charge is 0.338 e. The minimum absolute atomic E-state index is 0.319. The Morgan fingerprint density at radius 2 is 1.59 bits per heavy atom. The van der Waals surface area contributed by atoms with E-state index in [0.29, 0.717) is 12.2 Å². The van der Waals surface area contributed by atoms with E-state index in [1.54, 1.807) is 19.1 Å². The Hall–Kier alpha value is -3.77. The fourth-order valence-corrected chi connectivity index (χ4v) is 3.67. The van der Waals surface area contributed by atoms with Crippen LogP contribution in [-0.2, 0) is 4.74 Å². The third kappa shape index (κ3) is 4.76. The number of ether oxygens (including phenoxy) is 2. The van der Waals surface area contributed by atoms with Gasteiger partial charge in [0.2, 0.25) is 0 Å². The molecule has 0 amide bonds. The van der Waals surface area contributed by atoms with Gasteiger partial charge in [-0.05, 0) is 87.4 Å². The molecular formula is C29H26O3. The molecule has 0 spiro atoms. The second-order valence-corrected chi connectivity index (χ2v) is 8.39. The lowest BCUT2D eigenvalue weighted by Gasteiger charge is -2.31. The van der Waals surface area contributed by atoms with E-state index in [-0.39, 0.29) is 11.6 Å². The van der Waals surface area contributed by atoms with E-state index in [1.165, 1.54) is 5.56 Å². The highest BCUT2D eigenvalue weighted by molar-refractivity contribution is 5.89. The predicted octanol–water partition coefficient (Wildman–Crippen LogP) is 6.17. The number of esters is 1. The molecule has 32 heavy (non-hydrogen) atoms. The van der Waals surface area contributed by atoms with Crippen molar-refractivity contribution >= 4 is 11.5 Å². The average Bonchev–Trinajstić information content (AvgIpc) is 2.78. The quantitative estimate of drug-likeness (QED) is 0.374. The van der Waals surface area contributed by atoms with Crippen LogP contribution < -0.4 is 4.74 Å². The Bertz CT molecular complexity index is 1230. The molecular weight excluding hydrogens is 396 g/mol. The standard InChI is InChI=1S/C29H26O3/c1-5-31-28(30)24-15-10-21(11-16-24)8-9-22-12-17-27-25(18-22)26(19-29(3,4)32-27)23-13-6-20(2)7-14-23/h6-7,10-19H,5H2,1-4H3. The van der Waals surface area contributed by atoms with Crippen LogP contribution in [-0.4, -0.2) is 18.2 Å². The van der Waals surface area contributed by atoms with Crippen LogP contribution in [0.5, 0.6) is 5.75 Å². The van der Waals surface area contributed by atoms with Crippen molar-refractivity contribution in [2.75, 3.05) is 6.61 Å². The first kappa shape index (κ1) is 21.5. The van der Waals surface area contributed by atoms with Crippen LogP contribution in [0.2, 0.25) is 0 Å². The first-order valence-corrected chi connectivity index (χ1v) is 10.8. The summed E-state index contributed by atoms with van der Waals surface area (Å²) in [5, 5.41) is 0. The zero-order valence-corrected chi connectivity index (χ0v) is 18.9. The molecule has 4 rings (SSSR count). The van der Waals surface area contributed by atoms with Gasteiger partial charge >= 0.3 is 5.97 Å². The highest BCUT2D eigenvalue weighted by Gasteiger charge is 2.27. The second kappa shape index (κ2) is 8.77. The molecule has 160 valence electrons. The number of rotatable bonds is 3. The van der Waals surface area contributed by atoms with Gasteiger partial charge in [-0.1, -0.05) is 41.7 Å². The minimum atomic E-state index is -0.388. The molecule has 0 atom stereocenters. The van der Waals surface area contributed by atoms with E-state index < -0.39 is 0 Å². The lowest BCUT2D eigenvalue weighted by atomic mass is 9.89. The third-order valence-corrected chi connectivity index (χ3v) is 5.24. The first-order chi connectivity index (χ1) is 15.3. The van der Waals surface area contributed by atoms with Gasteiger partial charge in [-0.25, -0.2) is 4.79 Å². The van der Waals surface area contributed by atoms with E-state index in [1.807, 2.05) is 24.3 Å². The Balaban J connectivity index is 1.65. The minimum Gasteiger partial charge on any atom is -0.483 e. The molecule has 0 unspecified atom stereocenters. The van der Waals surface area contributed by atoms with Crippen molar-refractivity contribution in [1.29, 1.82) is 0 Å². The average molecular weight is 423 g/mol. The number of hydrogen-bond donors (Lipinski definition) is 0. The SMILES string of the molecule is CCOC(=O)c1ccc(C#Cc2ccc3c(c2)C(c2ccc(C)cc2)=CC(C)(C)O3)cc1. The predicted molar refractivity (Wildman–Crippen MR) is 128 cm³/mol. The number of hydrogen-bond acceptors (Lipinski definition) is 3. The number of carbonyl (C=O) groups excluding carboxylic acids is 1. The van der Waals surface area contributed by atoms with Gasteiger partial charge in [0.1, 0.15) is 11.4 Å². The van der Waals surface area contributed by atoms with Gasteiger partial charge in [-0.3, -0.25) is 0 Å². The van der Waals surface area contributed by atoms with Gasteiger partial charge in [-0.15, -0.1) is 0 Å². The molecule has 3 aromatic rings. The Morgan fingerprint density at radius 3 is 2.28 bits per heavy atom. The summed E-state index contributed by atoms with van der Waals surface area (Å²) in [6.07, 6.45) is 2.17. The van der Waals surface area contributed by atoms with Crippen LogP contribution >= 0.6 is 0 Å². The van der Waals surface area contributed by atoms with Crippen LogP contribution in [0, 0.1) is 18.8 Å². The van der Waals surface area contributed by atoms with E-state index in [4.69, 9.17) is 9.47 Å². The molecule has 3 nitrogen and oxygen atoms in total. The molecule has 0 aromatic heterocycles. The van der Waals surface area contributed by atoms with E-state index in [9.17, 15) is 4.79 Å². The van der Waals surface area contributed by atoms with Crippen LogP contribution in [0.25, 0.3) is 5.57 Å². The molecule has 0 saturated heterocycles. The molecule has 0 saturated carbocycles. The topological polar surface area (TPSA) is 35.5 Å². The van der Waals surface area contributed by atoms with Crippen LogP contribution in [0.3, 0.4) is 0 Å². The fourth-order valence-electron chi connectivity index (χ4n) is 3.67. The van der Waals surface area contributed by atoms with Crippen molar-refractivity contribution in [2.45, 2.75) is 33.3 Å². The van der Waals surface area contributed by atoms with E-state index >= 15 is 0 Å². The maximum absolute atomic E-state index is 11.8. The summed E-state index contributed by atoms with van der Waals surface area (Å²) in [6.45, 7) is 8.38. The third-order valence-electron chi connectivity index (χ3n) is 5.24. The molecule has 0 fully saturated rings. The first-order valence-electron chi connectivity index (χ1n) is 10.8. The number of carbonyl (C=O) groups is 1. The molecule has 0 radical (unpaired) electrons. The van der Waals surface area contributed by atoms with Crippen LogP contribution in [0.1, 0.15) is 58.9 Å². The Kier molecular flexibility index (Phi) is 5.88. The fraction of sp³-hybridized carbons (Fsp3) is 0.207. The number of benzene rings is 3. The summed E-state index contributed by atoms with van der Waals surface area (Å²) in [5.74, 6) is 6.96. The lowest BCUT2D eigenvalue weighted by Crippen LogP contribution is -2.29. The van der Waals surface area contributed by atoms with Crippen molar-refractivity contribution < 1.29 is 14.3 Å². The van der Waals surface area contributed by atoms with Gasteiger partial charge in [-0.2, -0.15) is 0 Å². The molecule has 0 bridgehead atoms. The highest BCUT2D eigenvalue weighted by Crippen LogP contribution is 2.39. The van der Waals surface area contributed by atoms with Gasteiger partial charge < -0.3 is 9.47 Å². The molecule has 0 aliphatic carbocycles. The van der Waals surface area contributed by atoms with Gasteiger partial charge in [0, 0.05) is 16.7 Å². The Morgan fingerprint density at radius 1 is 0.938 bits per heavy atom. The molecule has 1 heterocycles. The highest BCUT2D eigenvalue weighted by atomic mass is 16.5. The maximum Gasteiger partial charge on any atom is 0.338 e. The molecule has 1 aliphatic heterocycles. The maximum atomic E-state index is 11.8. The summed E-state index contributed by atoms with van der Waals surface area (Å²) in [4.78, 5) is 11.8.